The number of carbonyl (C=O) groups excluding carboxylic acids is 2. The Balaban J connectivity index is 2.00. The van der Waals surface area contributed by atoms with Gasteiger partial charge in [-0.15, -0.1) is 0 Å². The molecule has 18 heavy (non-hydrogen) atoms. The van der Waals surface area contributed by atoms with Crippen molar-refractivity contribution in [3.63, 3.8) is 0 Å². The van der Waals surface area contributed by atoms with Gasteiger partial charge in [0.05, 0.1) is 6.04 Å². The molecule has 6 heteroatoms. The molecule has 2 N–H and O–H groups in total. The Labute approximate surface area is 105 Å². The van der Waals surface area contributed by atoms with E-state index in [9.17, 15) is 9.59 Å². The summed E-state index contributed by atoms with van der Waals surface area (Å²) in [5.74, 6) is 0.763. The van der Waals surface area contributed by atoms with Gasteiger partial charge in [-0.3, -0.25) is 9.59 Å². The average Bonchev–Trinajstić information content (AvgIpc) is 2.88. The number of piperazine rings is 1. The van der Waals surface area contributed by atoms with E-state index in [1.54, 1.807) is 28.9 Å². The molecule has 1 aliphatic rings. The van der Waals surface area contributed by atoms with Gasteiger partial charge in [0.2, 0.25) is 6.41 Å². The molecule has 1 aliphatic heterocycles. The van der Waals surface area contributed by atoms with Crippen molar-refractivity contribution in [3.8, 4) is 0 Å². The summed E-state index contributed by atoms with van der Waals surface area (Å²) in [4.78, 5) is 26.0. The molecule has 1 atom stereocenters. The van der Waals surface area contributed by atoms with Crippen molar-refractivity contribution in [1.29, 1.82) is 0 Å². The predicted octanol–water partition coefficient (Wildman–Crippen LogP) is 0.214. The van der Waals surface area contributed by atoms with Crippen LogP contribution in [0.25, 0.3) is 0 Å². The van der Waals surface area contributed by atoms with Crippen molar-refractivity contribution in [3.05, 3.63) is 23.7 Å². The number of nitrogens with two attached hydrogens (primary N) is 1. The number of furan rings is 1. The maximum atomic E-state index is 12.1. The van der Waals surface area contributed by atoms with E-state index in [1.165, 1.54) is 0 Å². The van der Waals surface area contributed by atoms with Gasteiger partial charge in [-0.2, -0.15) is 0 Å². The normalized spacial score (nSPS) is 17.7. The van der Waals surface area contributed by atoms with Gasteiger partial charge in [0.15, 0.2) is 5.76 Å². The first kappa shape index (κ1) is 12.6. The van der Waals surface area contributed by atoms with Crippen molar-refractivity contribution < 1.29 is 14.0 Å². The van der Waals surface area contributed by atoms with Crippen LogP contribution in [0.15, 0.2) is 16.5 Å². The van der Waals surface area contributed by atoms with Crippen molar-refractivity contribution in [1.82, 2.24) is 9.80 Å². The number of hydrogen-bond donors (Lipinski definition) is 1. The van der Waals surface area contributed by atoms with E-state index in [2.05, 4.69) is 0 Å². The van der Waals surface area contributed by atoms with Crippen molar-refractivity contribution in [2.75, 3.05) is 26.2 Å². The third kappa shape index (κ3) is 2.53. The number of nitrogens with zero attached hydrogens (tertiary/aromatic N) is 2. The first-order valence-corrected chi connectivity index (χ1v) is 5.95. The SMILES string of the molecule is CC(N)c1ccc(C(=O)N2CCN(C=O)CC2)o1. The fourth-order valence-electron chi connectivity index (χ4n) is 1.90. The summed E-state index contributed by atoms with van der Waals surface area (Å²) < 4.78 is 5.41. The van der Waals surface area contributed by atoms with Gasteiger partial charge < -0.3 is 20.0 Å². The minimum absolute atomic E-state index is 0.146. The van der Waals surface area contributed by atoms with Crippen LogP contribution in [0, 0.1) is 0 Å². The van der Waals surface area contributed by atoms with Crippen LogP contribution in [0.1, 0.15) is 29.3 Å². The molecule has 2 heterocycles. The third-order valence-corrected chi connectivity index (χ3v) is 3.04. The fraction of sp³-hybridized carbons (Fsp3) is 0.500. The maximum absolute atomic E-state index is 12.1. The topological polar surface area (TPSA) is 79.8 Å². The molecule has 2 amide bonds. The van der Waals surface area contributed by atoms with Crippen LogP contribution < -0.4 is 5.73 Å². The zero-order valence-corrected chi connectivity index (χ0v) is 10.3. The first-order valence-electron chi connectivity index (χ1n) is 5.95. The zero-order valence-electron chi connectivity index (χ0n) is 10.3. The number of hydrogen-bond acceptors (Lipinski definition) is 4. The molecule has 1 aromatic heterocycles. The summed E-state index contributed by atoms with van der Waals surface area (Å²) in [6.45, 7) is 4.00. The van der Waals surface area contributed by atoms with Crippen LogP contribution in [-0.2, 0) is 4.79 Å². The molecule has 0 aliphatic carbocycles. The van der Waals surface area contributed by atoms with Gasteiger partial charge >= 0.3 is 0 Å². The smallest absolute Gasteiger partial charge is 0.289 e. The molecule has 1 aromatic rings. The molecule has 2 rings (SSSR count). The minimum Gasteiger partial charge on any atom is -0.454 e. The highest BCUT2D eigenvalue weighted by atomic mass is 16.4. The fourth-order valence-corrected chi connectivity index (χ4v) is 1.90. The Kier molecular flexibility index (Phi) is 3.66. The Morgan fingerprint density at radius 1 is 1.39 bits per heavy atom. The highest BCUT2D eigenvalue weighted by Gasteiger charge is 2.23. The molecule has 1 unspecified atom stereocenters. The molecular formula is C12H17N3O3. The van der Waals surface area contributed by atoms with Crippen molar-refractivity contribution >= 4 is 12.3 Å². The van der Waals surface area contributed by atoms with Crippen LogP contribution in [0.4, 0.5) is 0 Å². The second-order valence-electron chi connectivity index (χ2n) is 4.42. The molecule has 0 aromatic carbocycles. The van der Waals surface area contributed by atoms with E-state index in [-0.39, 0.29) is 11.9 Å². The largest absolute Gasteiger partial charge is 0.454 e. The number of rotatable bonds is 3. The van der Waals surface area contributed by atoms with E-state index < -0.39 is 0 Å². The molecular weight excluding hydrogens is 234 g/mol. The molecule has 1 saturated heterocycles. The van der Waals surface area contributed by atoms with E-state index in [1.807, 2.05) is 0 Å². The van der Waals surface area contributed by atoms with E-state index in [0.29, 0.717) is 37.7 Å². The van der Waals surface area contributed by atoms with Crippen LogP contribution in [0.3, 0.4) is 0 Å². The van der Waals surface area contributed by atoms with Crippen LogP contribution in [0.2, 0.25) is 0 Å². The zero-order chi connectivity index (χ0) is 13.1. The van der Waals surface area contributed by atoms with Crippen LogP contribution in [-0.4, -0.2) is 48.3 Å². The Morgan fingerprint density at radius 2 is 2.06 bits per heavy atom. The quantitative estimate of drug-likeness (QED) is 0.779. The summed E-state index contributed by atoms with van der Waals surface area (Å²) in [7, 11) is 0. The second-order valence-corrected chi connectivity index (χ2v) is 4.42. The molecule has 0 radical (unpaired) electrons. The molecule has 1 fully saturated rings. The molecule has 98 valence electrons. The van der Waals surface area contributed by atoms with Gasteiger partial charge in [-0.05, 0) is 19.1 Å². The van der Waals surface area contributed by atoms with Gasteiger partial charge in [-0.25, -0.2) is 0 Å². The highest BCUT2D eigenvalue weighted by Crippen LogP contribution is 2.16. The molecule has 0 bridgehead atoms. The average molecular weight is 251 g/mol. The Hall–Kier alpha value is -1.82. The molecule has 0 saturated carbocycles. The summed E-state index contributed by atoms with van der Waals surface area (Å²) in [6, 6.07) is 3.14. The van der Waals surface area contributed by atoms with Gasteiger partial charge in [0, 0.05) is 26.2 Å². The standard InChI is InChI=1S/C12H17N3O3/c1-9(13)10-2-3-11(18-10)12(17)15-6-4-14(8-16)5-7-15/h2-3,8-9H,4-7,13H2,1H3. The summed E-state index contributed by atoms with van der Waals surface area (Å²) >= 11 is 0. The lowest BCUT2D eigenvalue weighted by Crippen LogP contribution is -2.48. The van der Waals surface area contributed by atoms with E-state index in [0.717, 1.165) is 6.41 Å². The highest BCUT2D eigenvalue weighted by molar-refractivity contribution is 5.91. The maximum Gasteiger partial charge on any atom is 0.289 e. The first-order chi connectivity index (χ1) is 8.61. The van der Waals surface area contributed by atoms with E-state index >= 15 is 0 Å². The summed E-state index contributed by atoms with van der Waals surface area (Å²) in [5.41, 5.74) is 5.68. The van der Waals surface area contributed by atoms with Crippen LogP contribution in [0.5, 0.6) is 0 Å². The van der Waals surface area contributed by atoms with Gasteiger partial charge in [-0.1, -0.05) is 0 Å². The summed E-state index contributed by atoms with van der Waals surface area (Å²) in [6.07, 6.45) is 0.808. The minimum atomic E-state index is -0.224. The van der Waals surface area contributed by atoms with E-state index in [4.69, 9.17) is 10.2 Å². The second kappa shape index (κ2) is 5.22. The Morgan fingerprint density at radius 3 is 2.56 bits per heavy atom. The number of amides is 2. The van der Waals surface area contributed by atoms with Gasteiger partial charge in [0.25, 0.3) is 5.91 Å². The predicted molar refractivity (Wildman–Crippen MR) is 64.9 cm³/mol. The monoisotopic (exact) mass is 251 g/mol. The van der Waals surface area contributed by atoms with Gasteiger partial charge in [0.1, 0.15) is 5.76 Å². The Bertz CT molecular complexity index is 434. The van der Waals surface area contributed by atoms with Crippen molar-refractivity contribution in [2.45, 2.75) is 13.0 Å². The lowest BCUT2D eigenvalue weighted by molar-refractivity contribution is -0.119. The molecule has 6 nitrogen and oxygen atoms in total. The summed E-state index contributed by atoms with van der Waals surface area (Å²) in [5, 5.41) is 0. The van der Waals surface area contributed by atoms with Crippen LogP contribution >= 0.6 is 0 Å². The number of carbonyl (C=O) groups is 2. The lowest BCUT2D eigenvalue weighted by Gasteiger charge is -2.31. The lowest BCUT2D eigenvalue weighted by atomic mass is 10.3. The van der Waals surface area contributed by atoms with Crippen molar-refractivity contribution in [2.24, 2.45) is 5.73 Å². The molecule has 0 spiro atoms. The third-order valence-electron chi connectivity index (χ3n) is 3.04.